The van der Waals surface area contributed by atoms with Crippen molar-refractivity contribution in [1.29, 1.82) is 0 Å². The number of aromatic nitrogens is 3. The molecule has 0 aliphatic carbocycles. The van der Waals surface area contributed by atoms with Gasteiger partial charge in [-0.25, -0.2) is 4.98 Å². The number of thiazole rings is 1. The van der Waals surface area contributed by atoms with Crippen molar-refractivity contribution in [3.8, 4) is 16.3 Å². The van der Waals surface area contributed by atoms with Crippen LogP contribution in [0.5, 0.6) is 5.75 Å². The zero-order valence-corrected chi connectivity index (χ0v) is 17.2. The number of hydrogen-bond acceptors (Lipinski definition) is 6. The van der Waals surface area contributed by atoms with Crippen LogP contribution in [0.1, 0.15) is 16.8 Å². The first kappa shape index (κ1) is 19.7. The summed E-state index contributed by atoms with van der Waals surface area (Å²) in [5.41, 5.74) is 9.66. The minimum absolute atomic E-state index is 0.227. The van der Waals surface area contributed by atoms with Crippen molar-refractivity contribution in [2.24, 2.45) is 17.9 Å². The van der Waals surface area contributed by atoms with Crippen LogP contribution < -0.4 is 10.5 Å². The molecule has 0 unspecified atom stereocenters. The van der Waals surface area contributed by atoms with Crippen LogP contribution in [0, 0.1) is 0 Å². The number of hydrogen-bond donors (Lipinski definition) is 1. The van der Waals surface area contributed by atoms with Gasteiger partial charge in [0, 0.05) is 24.2 Å². The van der Waals surface area contributed by atoms with Crippen LogP contribution in [0.2, 0.25) is 0 Å². The lowest BCUT2D eigenvalue weighted by Crippen LogP contribution is -2.15. The number of amidine groups is 1. The first-order valence-corrected chi connectivity index (χ1v) is 10.2. The third-order valence-electron chi connectivity index (χ3n) is 4.28. The maximum Gasteiger partial charge on any atom is 0.174 e. The summed E-state index contributed by atoms with van der Waals surface area (Å²) in [6.45, 7) is 0.673. The van der Waals surface area contributed by atoms with E-state index in [1.807, 2.05) is 73.2 Å². The van der Waals surface area contributed by atoms with Crippen LogP contribution in [-0.4, -0.2) is 20.6 Å². The highest BCUT2D eigenvalue weighted by atomic mass is 32.1. The van der Waals surface area contributed by atoms with Gasteiger partial charge in [0.05, 0.1) is 17.5 Å². The highest BCUT2D eigenvalue weighted by molar-refractivity contribution is 7.13. The molecule has 2 aromatic carbocycles. The molecule has 0 radical (unpaired) electrons. The molecule has 0 aliphatic heterocycles. The smallest absolute Gasteiger partial charge is 0.174 e. The second kappa shape index (κ2) is 9.23. The molecular weight excluding hydrogens is 398 g/mol. The van der Waals surface area contributed by atoms with Gasteiger partial charge in [0.1, 0.15) is 17.4 Å². The fourth-order valence-electron chi connectivity index (χ4n) is 2.79. The molecule has 4 aromatic rings. The van der Waals surface area contributed by atoms with Gasteiger partial charge in [-0.3, -0.25) is 4.68 Å². The monoisotopic (exact) mass is 419 g/mol. The Balaban J connectivity index is 1.38. The number of para-hydroxylation sites is 1. The van der Waals surface area contributed by atoms with Crippen molar-refractivity contribution in [3.63, 3.8) is 0 Å². The predicted octanol–water partition coefficient (Wildman–Crippen LogP) is 3.96. The quantitative estimate of drug-likeness (QED) is 0.265. The lowest BCUT2D eigenvalue weighted by molar-refractivity contribution is 0.128. The van der Waals surface area contributed by atoms with Crippen molar-refractivity contribution in [3.05, 3.63) is 89.2 Å². The number of oxime groups is 1. The van der Waals surface area contributed by atoms with Gasteiger partial charge in [0.25, 0.3) is 0 Å². The summed E-state index contributed by atoms with van der Waals surface area (Å²) in [5, 5.41) is 11.0. The Morgan fingerprint density at radius 1 is 1.10 bits per heavy atom. The Kier molecular flexibility index (Phi) is 6.05. The van der Waals surface area contributed by atoms with E-state index >= 15 is 0 Å². The molecule has 7 nitrogen and oxygen atoms in total. The van der Waals surface area contributed by atoms with E-state index < -0.39 is 0 Å². The van der Waals surface area contributed by atoms with Gasteiger partial charge in [-0.1, -0.05) is 47.6 Å². The summed E-state index contributed by atoms with van der Waals surface area (Å²) >= 11 is 1.53. The van der Waals surface area contributed by atoms with E-state index in [1.165, 1.54) is 11.3 Å². The molecule has 0 spiro atoms. The summed E-state index contributed by atoms with van der Waals surface area (Å²) in [6, 6.07) is 17.4. The molecular formula is C22H21N5O2S. The van der Waals surface area contributed by atoms with Crippen LogP contribution in [0.4, 0.5) is 0 Å². The van der Waals surface area contributed by atoms with Gasteiger partial charge in [-0.2, -0.15) is 5.10 Å². The van der Waals surface area contributed by atoms with Gasteiger partial charge >= 0.3 is 0 Å². The van der Waals surface area contributed by atoms with E-state index in [2.05, 4.69) is 15.2 Å². The maximum absolute atomic E-state index is 6.14. The Bertz CT molecular complexity index is 1140. The normalized spacial score (nSPS) is 11.4. The second-order valence-electron chi connectivity index (χ2n) is 6.57. The minimum Gasteiger partial charge on any atom is -0.488 e. The molecule has 0 saturated heterocycles. The SMILES string of the molecule is Cn1cc(-c2nc(CO/N=C(\N)c3ccccc3OCc3ccccc3)cs2)cn1. The first-order chi connectivity index (χ1) is 14.7. The Morgan fingerprint density at radius 2 is 1.90 bits per heavy atom. The fraction of sp³-hybridized carbons (Fsp3) is 0.136. The van der Waals surface area contributed by atoms with Gasteiger partial charge in [0.2, 0.25) is 0 Å². The molecule has 2 heterocycles. The summed E-state index contributed by atoms with van der Waals surface area (Å²) in [7, 11) is 1.88. The van der Waals surface area contributed by atoms with Crippen molar-refractivity contribution < 1.29 is 9.57 Å². The zero-order valence-electron chi connectivity index (χ0n) is 16.4. The van der Waals surface area contributed by atoms with Crippen LogP contribution >= 0.6 is 11.3 Å². The topological polar surface area (TPSA) is 87.5 Å². The number of aryl methyl sites for hydroxylation is 1. The Morgan fingerprint density at radius 3 is 2.70 bits per heavy atom. The maximum atomic E-state index is 6.14. The molecule has 0 fully saturated rings. The lowest BCUT2D eigenvalue weighted by Gasteiger charge is -2.11. The number of nitrogens with two attached hydrogens (primary N) is 1. The lowest BCUT2D eigenvalue weighted by atomic mass is 10.2. The van der Waals surface area contributed by atoms with Crippen LogP contribution in [0.3, 0.4) is 0 Å². The molecule has 0 aliphatic rings. The summed E-state index contributed by atoms with van der Waals surface area (Å²) in [5.74, 6) is 0.903. The van der Waals surface area contributed by atoms with Crippen molar-refractivity contribution in [2.75, 3.05) is 0 Å². The van der Waals surface area contributed by atoms with E-state index in [0.29, 0.717) is 17.9 Å². The van der Waals surface area contributed by atoms with Crippen molar-refractivity contribution >= 4 is 17.2 Å². The number of rotatable bonds is 8. The highest BCUT2D eigenvalue weighted by Crippen LogP contribution is 2.23. The second-order valence-corrected chi connectivity index (χ2v) is 7.43. The first-order valence-electron chi connectivity index (χ1n) is 9.34. The highest BCUT2D eigenvalue weighted by Gasteiger charge is 2.10. The molecule has 0 bridgehead atoms. The van der Waals surface area contributed by atoms with Crippen molar-refractivity contribution in [1.82, 2.24) is 14.8 Å². The third-order valence-corrected chi connectivity index (χ3v) is 5.22. The number of ether oxygens (including phenoxy) is 1. The molecule has 0 saturated carbocycles. The molecule has 0 amide bonds. The van der Waals surface area contributed by atoms with E-state index in [-0.39, 0.29) is 12.4 Å². The van der Waals surface area contributed by atoms with E-state index in [4.69, 9.17) is 15.3 Å². The molecule has 8 heteroatoms. The number of nitrogens with zero attached hydrogens (tertiary/aromatic N) is 4. The predicted molar refractivity (Wildman–Crippen MR) is 117 cm³/mol. The Labute approximate surface area is 178 Å². The number of benzene rings is 2. The average Bonchev–Trinajstić information content (AvgIpc) is 3.42. The minimum atomic E-state index is 0.227. The zero-order chi connectivity index (χ0) is 20.8. The van der Waals surface area contributed by atoms with Crippen LogP contribution in [-0.2, 0) is 25.1 Å². The van der Waals surface area contributed by atoms with E-state index in [0.717, 1.165) is 21.8 Å². The molecule has 2 aromatic heterocycles. The summed E-state index contributed by atoms with van der Waals surface area (Å²) in [4.78, 5) is 9.99. The van der Waals surface area contributed by atoms with Crippen LogP contribution in [0.25, 0.3) is 10.6 Å². The Hall–Kier alpha value is -3.65. The molecule has 30 heavy (non-hydrogen) atoms. The largest absolute Gasteiger partial charge is 0.488 e. The van der Waals surface area contributed by atoms with E-state index in [9.17, 15) is 0 Å². The van der Waals surface area contributed by atoms with Gasteiger partial charge < -0.3 is 15.3 Å². The molecule has 2 N–H and O–H groups in total. The summed E-state index contributed by atoms with van der Waals surface area (Å²) in [6.07, 6.45) is 3.71. The van der Waals surface area contributed by atoms with Crippen molar-refractivity contribution in [2.45, 2.75) is 13.2 Å². The van der Waals surface area contributed by atoms with E-state index in [1.54, 1.807) is 10.9 Å². The molecule has 0 atom stereocenters. The standard InChI is InChI=1S/C22H21N5O2S/c1-27-12-17(11-24-27)22-25-18(15-30-22)14-29-26-21(23)19-9-5-6-10-20(19)28-13-16-7-3-2-4-8-16/h2-12,15H,13-14H2,1H3,(H2,23,26). The third kappa shape index (κ3) is 4.84. The van der Waals surface area contributed by atoms with Gasteiger partial charge in [0.15, 0.2) is 12.4 Å². The summed E-state index contributed by atoms with van der Waals surface area (Å²) < 4.78 is 7.67. The molecule has 152 valence electrons. The van der Waals surface area contributed by atoms with Gasteiger partial charge in [-0.15, -0.1) is 11.3 Å². The molecule has 4 rings (SSSR count). The average molecular weight is 420 g/mol. The fourth-order valence-corrected chi connectivity index (χ4v) is 3.57. The van der Waals surface area contributed by atoms with Gasteiger partial charge in [-0.05, 0) is 17.7 Å². The van der Waals surface area contributed by atoms with Crippen LogP contribution in [0.15, 0.2) is 77.5 Å².